The maximum absolute atomic E-state index is 12.6. The molecule has 0 radical (unpaired) electrons. The highest BCUT2D eigenvalue weighted by Crippen LogP contribution is 2.37. The first-order chi connectivity index (χ1) is 16.2. The summed E-state index contributed by atoms with van der Waals surface area (Å²) in [7, 11) is 1.60. The number of hydrogen-bond donors (Lipinski definition) is 1. The van der Waals surface area contributed by atoms with Gasteiger partial charge < -0.3 is 23.9 Å². The molecule has 0 saturated carbocycles. The Hall–Kier alpha value is -3.37. The van der Waals surface area contributed by atoms with E-state index in [1.165, 1.54) is 12.5 Å². The summed E-state index contributed by atoms with van der Waals surface area (Å²) in [6, 6.07) is 5.46. The van der Waals surface area contributed by atoms with Crippen molar-refractivity contribution in [2.45, 2.75) is 13.0 Å². The van der Waals surface area contributed by atoms with Gasteiger partial charge in [-0.25, -0.2) is 4.98 Å². The second-order valence-corrected chi connectivity index (χ2v) is 7.92. The van der Waals surface area contributed by atoms with Gasteiger partial charge >= 0.3 is 0 Å². The van der Waals surface area contributed by atoms with E-state index in [4.69, 9.17) is 23.6 Å². The first kappa shape index (κ1) is 21.5. The molecule has 0 atom stereocenters. The SMILES string of the molecule is COc1c(OCCCN2CCOCC2)ccc2c3n(c(=NC(=O)c4ccoc4)nc12)CCN3. The van der Waals surface area contributed by atoms with Crippen LogP contribution in [0.4, 0.5) is 5.82 Å². The van der Waals surface area contributed by atoms with E-state index < -0.39 is 5.91 Å². The van der Waals surface area contributed by atoms with Crippen LogP contribution in [-0.2, 0) is 11.3 Å². The lowest BCUT2D eigenvalue weighted by molar-refractivity contribution is 0.0357. The van der Waals surface area contributed by atoms with Crippen molar-refractivity contribution in [3.05, 3.63) is 41.9 Å². The molecule has 0 aliphatic carbocycles. The third-order valence-corrected chi connectivity index (χ3v) is 5.86. The first-order valence-electron chi connectivity index (χ1n) is 11.1. The number of nitrogens with zero attached hydrogens (tertiary/aromatic N) is 4. The Morgan fingerprint density at radius 3 is 2.91 bits per heavy atom. The molecule has 174 valence electrons. The van der Waals surface area contributed by atoms with Crippen LogP contribution < -0.4 is 20.4 Å². The number of methoxy groups -OCH3 is 1. The number of carbonyl (C=O) groups excluding carboxylic acids is 1. The van der Waals surface area contributed by atoms with Gasteiger partial charge in [0, 0.05) is 38.1 Å². The summed E-state index contributed by atoms with van der Waals surface area (Å²) in [5.41, 5.74) is 1.29. The molecule has 1 fully saturated rings. The molecule has 1 saturated heterocycles. The number of furan rings is 1. The molecule has 1 N–H and O–H groups in total. The van der Waals surface area contributed by atoms with E-state index >= 15 is 0 Å². The van der Waals surface area contributed by atoms with Gasteiger partial charge in [-0.3, -0.25) is 14.3 Å². The molecule has 0 spiro atoms. The van der Waals surface area contributed by atoms with Gasteiger partial charge in [0.2, 0.25) is 5.62 Å². The second-order valence-electron chi connectivity index (χ2n) is 7.92. The monoisotopic (exact) mass is 453 g/mol. The molecule has 5 rings (SSSR count). The molecule has 2 aliphatic heterocycles. The average molecular weight is 453 g/mol. The number of rotatable bonds is 7. The minimum Gasteiger partial charge on any atom is -0.491 e. The van der Waals surface area contributed by atoms with Gasteiger partial charge in [0.1, 0.15) is 17.6 Å². The van der Waals surface area contributed by atoms with Crippen LogP contribution in [0.25, 0.3) is 10.9 Å². The van der Waals surface area contributed by atoms with E-state index in [1.54, 1.807) is 13.2 Å². The number of benzene rings is 1. The smallest absolute Gasteiger partial charge is 0.283 e. The van der Waals surface area contributed by atoms with Crippen LogP contribution in [0.2, 0.25) is 0 Å². The number of aromatic nitrogens is 2. The molecule has 0 bridgehead atoms. The van der Waals surface area contributed by atoms with Gasteiger partial charge in [0.05, 0.1) is 38.8 Å². The van der Waals surface area contributed by atoms with Crippen molar-refractivity contribution in [3.8, 4) is 11.5 Å². The third-order valence-electron chi connectivity index (χ3n) is 5.86. The summed E-state index contributed by atoms with van der Waals surface area (Å²) in [5.74, 6) is 1.60. The van der Waals surface area contributed by atoms with Crippen LogP contribution in [-0.4, -0.2) is 73.5 Å². The summed E-state index contributed by atoms with van der Waals surface area (Å²) in [6.07, 6.45) is 3.72. The van der Waals surface area contributed by atoms with E-state index in [-0.39, 0.29) is 0 Å². The normalized spacial score (nSPS) is 16.6. The molecule has 0 unspecified atom stereocenters. The largest absolute Gasteiger partial charge is 0.491 e. The van der Waals surface area contributed by atoms with Gasteiger partial charge in [-0.2, -0.15) is 4.99 Å². The van der Waals surface area contributed by atoms with Crippen molar-refractivity contribution < 1.29 is 23.4 Å². The van der Waals surface area contributed by atoms with Gasteiger partial charge in [-0.1, -0.05) is 0 Å². The van der Waals surface area contributed by atoms with Crippen LogP contribution in [0.5, 0.6) is 11.5 Å². The van der Waals surface area contributed by atoms with Gasteiger partial charge in [0.15, 0.2) is 11.5 Å². The minimum atomic E-state index is -0.410. The van der Waals surface area contributed by atoms with Crippen LogP contribution in [0.3, 0.4) is 0 Å². The van der Waals surface area contributed by atoms with Crippen molar-refractivity contribution in [1.29, 1.82) is 0 Å². The highest BCUT2D eigenvalue weighted by Gasteiger charge is 2.21. The molecule has 2 aromatic heterocycles. The average Bonchev–Trinajstić information content (AvgIpc) is 3.55. The molecule has 33 heavy (non-hydrogen) atoms. The van der Waals surface area contributed by atoms with E-state index in [0.29, 0.717) is 41.3 Å². The third kappa shape index (κ3) is 4.44. The lowest BCUT2D eigenvalue weighted by atomic mass is 10.2. The van der Waals surface area contributed by atoms with E-state index in [2.05, 4.69) is 15.2 Å². The predicted molar refractivity (Wildman–Crippen MR) is 121 cm³/mol. The Morgan fingerprint density at radius 1 is 1.24 bits per heavy atom. The zero-order chi connectivity index (χ0) is 22.6. The predicted octanol–water partition coefficient (Wildman–Crippen LogP) is 1.91. The Bertz CT molecular complexity index is 1200. The van der Waals surface area contributed by atoms with Crippen molar-refractivity contribution in [1.82, 2.24) is 14.5 Å². The van der Waals surface area contributed by atoms with Gasteiger partial charge in [0.25, 0.3) is 5.91 Å². The Kier molecular flexibility index (Phi) is 6.27. The highest BCUT2D eigenvalue weighted by molar-refractivity contribution is 5.96. The number of fused-ring (bicyclic) bond motifs is 3. The molecule has 10 heteroatoms. The molecule has 1 aromatic carbocycles. The van der Waals surface area contributed by atoms with E-state index in [1.807, 2.05) is 16.7 Å². The van der Waals surface area contributed by atoms with E-state index in [9.17, 15) is 4.79 Å². The molecule has 4 heterocycles. The number of nitrogens with one attached hydrogen (secondary N) is 1. The number of ether oxygens (including phenoxy) is 3. The Labute approximate surface area is 190 Å². The van der Waals surface area contributed by atoms with Crippen molar-refractivity contribution in [3.63, 3.8) is 0 Å². The zero-order valence-electron chi connectivity index (χ0n) is 18.6. The quantitative estimate of drug-likeness (QED) is 0.541. The topological polar surface area (TPSA) is 103 Å². The Morgan fingerprint density at radius 2 is 2.12 bits per heavy atom. The van der Waals surface area contributed by atoms with Crippen molar-refractivity contribution in [2.24, 2.45) is 4.99 Å². The second kappa shape index (κ2) is 9.63. The zero-order valence-corrected chi connectivity index (χ0v) is 18.6. The molecule has 2 aliphatic rings. The standard InChI is InChI=1S/C23H27N5O5/c1-30-20-18(33-11-2-7-27-9-13-31-14-10-27)4-3-17-19(20)25-23(28-8-6-24-21(17)28)26-22(29)16-5-12-32-15-16/h3-5,12,15,24H,2,6-11,13-14H2,1H3. The van der Waals surface area contributed by atoms with Gasteiger partial charge in [-0.05, 0) is 24.6 Å². The molecule has 10 nitrogen and oxygen atoms in total. The number of carbonyl (C=O) groups is 1. The maximum atomic E-state index is 12.6. The summed E-state index contributed by atoms with van der Waals surface area (Å²) >= 11 is 0. The summed E-state index contributed by atoms with van der Waals surface area (Å²) in [5, 5.41) is 4.26. The van der Waals surface area contributed by atoms with Crippen LogP contribution in [0.1, 0.15) is 16.8 Å². The first-order valence-corrected chi connectivity index (χ1v) is 11.1. The molecule has 1 amide bonds. The fourth-order valence-corrected chi connectivity index (χ4v) is 4.18. The van der Waals surface area contributed by atoms with Gasteiger partial charge in [-0.15, -0.1) is 0 Å². The van der Waals surface area contributed by atoms with Crippen LogP contribution >= 0.6 is 0 Å². The summed E-state index contributed by atoms with van der Waals surface area (Å²) in [6.45, 7) is 6.42. The van der Waals surface area contributed by atoms with E-state index in [0.717, 1.165) is 57.0 Å². The van der Waals surface area contributed by atoms with Crippen LogP contribution in [0.15, 0.2) is 40.1 Å². The van der Waals surface area contributed by atoms with Crippen molar-refractivity contribution >= 4 is 22.6 Å². The summed E-state index contributed by atoms with van der Waals surface area (Å²) in [4.78, 5) is 23.9. The number of amides is 1. The number of hydrogen-bond acceptors (Lipinski definition) is 8. The number of anilines is 1. The fourth-order valence-electron chi connectivity index (χ4n) is 4.18. The fraction of sp³-hybridized carbons (Fsp3) is 0.435. The lowest BCUT2D eigenvalue weighted by Crippen LogP contribution is -2.37. The number of morpholine rings is 1. The lowest BCUT2D eigenvalue weighted by Gasteiger charge is -2.26. The maximum Gasteiger partial charge on any atom is 0.283 e. The molecular weight excluding hydrogens is 426 g/mol. The Balaban J connectivity index is 1.43. The van der Waals surface area contributed by atoms with Crippen molar-refractivity contribution in [2.75, 3.05) is 58.4 Å². The van der Waals surface area contributed by atoms with Crippen LogP contribution in [0, 0.1) is 0 Å². The molecule has 3 aromatic rings. The summed E-state index contributed by atoms with van der Waals surface area (Å²) < 4.78 is 24.1. The minimum absolute atomic E-state index is 0.316. The highest BCUT2D eigenvalue weighted by atomic mass is 16.5. The molecular formula is C23H27N5O5.